The molecule has 2 aliphatic carbocycles. The highest BCUT2D eigenvalue weighted by atomic mass is 16.5. The lowest BCUT2D eigenvalue weighted by Crippen LogP contribution is -2.54. The summed E-state index contributed by atoms with van der Waals surface area (Å²) >= 11 is 0. The Morgan fingerprint density at radius 3 is 2.66 bits per heavy atom. The van der Waals surface area contributed by atoms with E-state index in [0.717, 1.165) is 42.6 Å². The standard InChI is InChI=1S/C27H31N5O3/c33-25(30-21-16-27(17-21)5-3-6-27)22-15-19-14-20(23-4-1-2-7-28-23)18-29-24(19)32(26(22)34)9-8-31-10-12-35-13-11-31/h1-2,4,7,14-15,18,21H,3,5-6,8-13,16-17H2,(H,30,33). The number of pyridine rings is 3. The van der Waals surface area contributed by atoms with Gasteiger partial charge in [0.25, 0.3) is 11.5 Å². The number of hydrogen-bond acceptors (Lipinski definition) is 6. The van der Waals surface area contributed by atoms with Crippen LogP contribution >= 0.6 is 0 Å². The number of carbonyl (C=O) groups is 1. The van der Waals surface area contributed by atoms with Gasteiger partial charge < -0.3 is 10.1 Å². The van der Waals surface area contributed by atoms with Crippen molar-refractivity contribution in [3.05, 3.63) is 58.6 Å². The average molecular weight is 474 g/mol. The Labute approximate surface area is 204 Å². The van der Waals surface area contributed by atoms with E-state index >= 15 is 0 Å². The van der Waals surface area contributed by atoms with Crippen molar-refractivity contribution in [3.8, 4) is 11.3 Å². The number of rotatable bonds is 6. The smallest absolute Gasteiger partial charge is 0.265 e. The molecule has 8 heteroatoms. The second kappa shape index (κ2) is 9.17. The molecule has 0 radical (unpaired) electrons. The lowest BCUT2D eigenvalue weighted by molar-refractivity contribution is -0.000651. The van der Waals surface area contributed by atoms with Crippen LogP contribution in [-0.4, -0.2) is 64.2 Å². The summed E-state index contributed by atoms with van der Waals surface area (Å²) in [6.07, 6.45) is 9.39. The average Bonchev–Trinajstić information content (AvgIpc) is 2.84. The molecular weight excluding hydrogens is 442 g/mol. The van der Waals surface area contributed by atoms with Gasteiger partial charge in [-0.05, 0) is 55.4 Å². The first-order valence-corrected chi connectivity index (χ1v) is 12.7. The van der Waals surface area contributed by atoms with Crippen LogP contribution in [0.4, 0.5) is 0 Å². The zero-order valence-electron chi connectivity index (χ0n) is 19.9. The third kappa shape index (κ3) is 4.36. The monoisotopic (exact) mass is 473 g/mol. The maximum absolute atomic E-state index is 13.5. The Balaban J connectivity index is 1.33. The lowest BCUT2D eigenvalue weighted by Gasteiger charge is -2.54. The lowest BCUT2D eigenvalue weighted by atomic mass is 9.54. The Morgan fingerprint density at radius 1 is 1.11 bits per heavy atom. The fraction of sp³-hybridized carbons (Fsp3) is 0.481. The largest absolute Gasteiger partial charge is 0.379 e. The molecule has 0 bridgehead atoms. The van der Waals surface area contributed by atoms with Gasteiger partial charge in [0.15, 0.2) is 0 Å². The van der Waals surface area contributed by atoms with Crippen LogP contribution in [0.3, 0.4) is 0 Å². The van der Waals surface area contributed by atoms with Crippen molar-refractivity contribution in [1.29, 1.82) is 0 Å². The topological polar surface area (TPSA) is 89.3 Å². The number of aromatic nitrogens is 3. The molecule has 4 heterocycles. The maximum Gasteiger partial charge on any atom is 0.265 e. The van der Waals surface area contributed by atoms with Crippen LogP contribution in [0.5, 0.6) is 0 Å². The molecule has 1 spiro atoms. The van der Waals surface area contributed by atoms with E-state index in [-0.39, 0.29) is 23.1 Å². The van der Waals surface area contributed by atoms with Gasteiger partial charge in [0.05, 0.1) is 18.9 Å². The van der Waals surface area contributed by atoms with Gasteiger partial charge in [-0.25, -0.2) is 4.98 Å². The van der Waals surface area contributed by atoms with Crippen molar-refractivity contribution < 1.29 is 9.53 Å². The third-order valence-corrected chi connectivity index (χ3v) is 7.98. The second-order valence-electron chi connectivity index (χ2n) is 10.3. The zero-order chi connectivity index (χ0) is 23.8. The Bertz CT molecular complexity index is 1290. The number of fused-ring (bicyclic) bond motifs is 1. The Morgan fingerprint density at radius 2 is 1.94 bits per heavy atom. The van der Waals surface area contributed by atoms with Gasteiger partial charge in [0, 0.05) is 55.6 Å². The van der Waals surface area contributed by atoms with Gasteiger partial charge in [0.2, 0.25) is 0 Å². The molecule has 0 atom stereocenters. The first kappa shape index (κ1) is 22.4. The van der Waals surface area contributed by atoms with Crippen LogP contribution in [-0.2, 0) is 11.3 Å². The predicted molar refractivity (Wildman–Crippen MR) is 133 cm³/mol. The van der Waals surface area contributed by atoms with Crippen molar-refractivity contribution in [2.24, 2.45) is 5.41 Å². The quantitative estimate of drug-likeness (QED) is 0.592. The number of nitrogens with zero attached hydrogens (tertiary/aromatic N) is 4. The molecule has 1 amide bonds. The predicted octanol–water partition coefficient (Wildman–Crippen LogP) is 2.85. The second-order valence-corrected chi connectivity index (χ2v) is 10.3. The van der Waals surface area contributed by atoms with Crippen LogP contribution in [0, 0.1) is 5.41 Å². The molecule has 35 heavy (non-hydrogen) atoms. The SMILES string of the molecule is O=C(NC1CC2(CCC2)C1)c1cc2cc(-c3ccccn3)cnc2n(CCN2CCOCC2)c1=O. The number of carbonyl (C=O) groups excluding carboxylic acids is 1. The van der Waals surface area contributed by atoms with Crippen LogP contribution in [0.15, 0.2) is 47.5 Å². The molecule has 1 aliphatic heterocycles. The van der Waals surface area contributed by atoms with Crippen LogP contribution in [0.1, 0.15) is 42.5 Å². The van der Waals surface area contributed by atoms with E-state index in [2.05, 4.69) is 20.2 Å². The fourth-order valence-corrected chi connectivity index (χ4v) is 5.81. The molecule has 3 aromatic rings. The van der Waals surface area contributed by atoms with Gasteiger partial charge in [-0.1, -0.05) is 12.5 Å². The molecule has 8 nitrogen and oxygen atoms in total. The summed E-state index contributed by atoms with van der Waals surface area (Å²) in [4.78, 5) is 38.2. The number of hydrogen-bond donors (Lipinski definition) is 1. The summed E-state index contributed by atoms with van der Waals surface area (Å²) in [5.74, 6) is -0.278. The summed E-state index contributed by atoms with van der Waals surface area (Å²) in [6, 6.07) is 9.57. The van der Waals surface area contributed by atoms with E-state index in [0.29, 0.717) is 37.4 Å². The van der Waals surface area contributed by atoms with Crippen LogP contribution < -0.4 is 10.9 Å². The van der Waals surface area contributed by atoms with E-state index in [1.807, 2.05) is 24.3 Å². The number of amides is 1. The van der Waals surface area contributed by atoms with Gasteiger partial charge in [-0.2, -0.15) is 0 Å². The van der Waals surface area contributed by atoms with E-state index in [1.54, 1.807) is 23.0 Å². The summed E-state index contributed by atoms with van der Waals surface area (Å²) in [7, 11) is 0. The third-order valence-electron chi connectivity index (χ3n) is 7.98. The molecule has 1 saturated heterocycles. The van der Waals surface area contributed by atoms with Gasteiger partial charge in [0.1, 0.15) is 11.2 Å². The summed E-state index contributed by atoms with van der Waals surface area (Å²) < 4.78 is 7.11. The molecule has 0 aromatic carbocycles. The molecule has 1 N–H and O–H groups in total. The van der Waals surface area contributed by atoms with Crippen molar-refractivity contribution in [2.45, 2.75) is 44.7 Å². The minimum absolute atomic E-state index is 0.165. The van der Waals surface area contributed by atoms with E-state index in [4.69, 9.17) is 4.74 Å². The highest BCUT2D eigenvalue weighted by Gasteiger charge is 2.48. The number of ether oxygens (including phenoxy) is 1. The summed E-state index contributed by atoms with van der Waals surface area (Å²) in [5, 5.41) is 3.90. The minimum atomic E-state index is -0.279. The van der Waals surface area contributed by atoms with Crippen molar-refractivity contribution in [1.82, 2.24) is 24.8 Å². The fourth-order valence-electron chi connectivity index (χ4n) is 5.81. The maximum atomic E-state index is 13.5. The Hall–Kier alpha value is -3.10. The molecule has 3 aromatic heterocycles. The summed E-state index contributed by atoms with van der Waals surface area (Å²) in [6.45, 7) is 4.26. The molecular formula is C27H31N5O3. The minimum Gasteiger partial charge on any atom is -0.379 e. The first-order valence-electron chi connectivity index (χ1n) is 12.7. The van der Waals surface area contributed by atoms with Crippen LogP contribution in [0.2, 0.25) is 0 Å². The van der Waals surface area contributed by atoms with E-state index < -0.39 is 0 Å². The molecule has 3 aliphatic rings. The Kier molecular flexibility index (Phi) is 5.86. The molecule has 0 unspecified atom stereocenters. The molecule has 6 rings (SSSR count). The van der Waals surface area contributed by atoms with Crippen LogP contribution in [0.25, 0.3) is 22.3 Å². The van der Waals surface area contributed by atoms with Crippen molar-refractivity contribution in [2.75, 3.05) is 32.8 Å². The normalized spacial score (nSPS) is 19.9. The molecule has 182 valence electrons. The van der Waals surface area contributed by atoms with Gasteiger partial charge >= 0.3 is 0 Å². The van der Waals surface area contributed by atoms with Gasteiger partial charge in [-0.15, -0.1) is 0 Å². The summed E-state index contributed by atoms with van der Waals surface area (Å²) in [5.41, 5.74) is 2.62. The highest BCUT2D eigenvalue weighted by Crippen LogP contribution is 2.55. The highest BCUT2D eigenvalue weighted by molar-refractivity contribution is 5.97. The molecule has 2 saturated carbocycles. The first-order chi connectivity index (χ1) is 17.1. The van der Waals surface area contributed by atoms with Crippen molar-refractivity contribution in [3.63, 3.8) is 0 Å². The molecule has 3 fully saturated rings. The number of nitrogens with one attached hydrogen (secondary N) is 1. The van der Waals surface area contributed by atoms with E-state index in [9.17, 15) is 9.59 Å². The van der Waals surface area contributed by atoms with Crippen molar-refractivity contribution >= 4 is 16.9 Å². The number of morpholine rings is 1. The van der Waals surface area contributed by atoms with E-state index in [1.165, 1.54) is 19.3 Å². The van der Waals surface area contributed by atoms with Gasteiger partial charge in [-0.3, -0.25) is 24.0 Å². The zero-order valence-corrected chi connectivity index (χ0v) is 19.9.